The lowest BCUT2D eigenvalue weighted by atomic mass is 9.88. The molecule has 0 radical (unpaired) electrons. The Morgan fingerprint density at radius 2 is 1.80 bits per heavy atom. The van der Waals surface area contributed by atoms with Crippen LogP contribution in [0.25, 0.3) is 0 Å². The molecule has 1 aliphatic heterocycles. The number of hydrogen-bond donors (Lipinski definition) is 1. The number of nitrogens with zero attached hydrogens (tertiary/aromatic N) is 1. The molecule has 2 atom stereocenters. The maximum absolute atomic E-state index is 13.7. The molecule has 1 heterocycles. The molecule has 2 amide bonds. The number of carbonyl (C=O) groups excluding carboxylic acids is 2. The molecule has 1 N–H and O–H groups in total. The Morgan fingerprint density at radius 1 is 1.06 bits per heavy atom. The van der Waals surface area contributed by atoms with Gasteiger partial charge in [-0.2, -0.15) is 0 Å². The molecule has 8 heteroatoms. The summed E-state index contributed by atoms with van der Waals surface area (Å²) in [5.74, 6) is 2.07. The van der Waals surface area contributed by atoms with E-state index in [-0.39, 0.29) is 17.2 Å². The third-order valence-electron chi connectivity index (χ3n) is 6.89. The first-order valence-corrected chi connectivity index (χ1v) is 13.6. The summed E-state index contributed by atoms with van der Waals surface area (Å²) in [7, 11) is 3.21. The van der Waals surface area contributed by atoms with E-state index in [1.165, 1.54) is 19.3 Å². The van der Waals surface area contributed by atoms with Crippen molar-refractivity contribution in [1.82, 2.24) is 10.2 Å². The molecule has 0 spiro atoms. The zero-order valence-corrected chi connectivity index (χ0v) is 21.9. The predicted octanol–water partition coefficient (Wildman–Crippen LogP) is 5.18. The fraction of sp³-hybridized carbons (Fsp3) is 0.481. The second kappa shape index (κ2) is 12.0. The van der Waals surface area contributed by atoms with Crippen molar-refractivity contribution in [2.45, 2.75) is 49.9 Å². The van der Waals surface area contributed by atoms with Crippen LogP contribution in [0.15, 0.2) is 42.5 Å². The minimum Gasteiger partial charge on any atom is -0.493 e. The van der Waals surface area contributed by atoms with Gasteiger partial charge in [-0.1, -0.05) is 49.1 Å². The van der Waals surface area contributed by atoms with E-state index in [1.54, 1.807) is 38.1 Å². The summed E-state index contributed by atoms with van der Waals surface area (Å²) >= 11 is 8.11. The van der Waals surface area contributed by atoms with Crippen LogP contribution in [0.1, 0.15) is 48.0 Å². The first kappa shape index (κ1) is 25.7. The van der Waals surface area contributed by atoms with Gasteiger partial charge in [-0.25, -0.2) is 0 Å². The summed E-state index contributed by atoms with van der Waals surface area (Å²) in [4.78, 5) is 28.8. The number of thioether (sulfide) groups is 1. The lowest BCUT2D eigenvalue weighted by Gasteiger charge is -2.35. The third kappa shape index (κ3) is 5.89. The standard InChI is InChI=1S/C27H33ClN2O4S/c1-33-23-13-12-18(16-24(23)34-2)14-15-29-25(31)22-17-35-27(19-8-4-3-5-9-19)30(22)26(32)20-10-6-7-11-21(20)28/h6-7,10-13,16,19,22,27H,3-5,8-9,14-15,17H2,1-2H3,(H,29,31). The van der Waals surface area contributed by atoms with Gasteiger partial charge >= 0.3 is 0 Å². The highest BCUT2D eigenvalue weighted by Gasteiger charge is 2.45. The fourth-order valence-corrected chi connectivity index (χ4v) is 6.88. The molecule has 188 valence electrons. The van der Waals surface area contributed by atoms with E-state index in [0.29, 0.717) is 46.7 Å². The van der Waals surface area contributed by atoms with Gasteiger partial charge < -0.3 is 19.7 Å². The number of nitrogens with one attached hydrogen (secondary N) is 1. The van der Waals surface area contributed by atoms with E-state index in [4.69, 9.17) is 21.1 Å². The second-order valence-corrected chi connectivity index (χ2v) is 10.6. The lowest BCUT2D eigenvalue weighted by Crippen LogP contribution is -2.51. The minimum absolute atomic E-state index is 0.000622. The highest BCUT2D eigenvalue weighted by atomic mass is 35.5. The molecule has 0 bridgehead atoms. The minimum atomic E-state index is -0.513. The molecule has 2 fully saturated rings. The molecule has 1 saturated carbocycles. The first-order chi connectivity index (χ1) is 17.0. The lowest BCUT2D eigenvalue weighted by molar-refractivity contribution is -0.125. The normalized spacial score (nSPS) is 20.5. The van der Waals surface area contributed by atoms with Gasteiger partial charge in [-0.15, -0.1) is 11.8 Å². The first-order valence-electron chi connectivity index (χ1n) is 12.2. The summed E-state index contributed by atoms with van der Waals surface area (Å²) in [6, 6.07) is 12.3. The van der Waals surface area contributed by atoms with Crippen molar-refractivity contribution < 1.29 is 19.1 Å². The van der Waals surface area contributed by atoms with Crippen LogP contribution >= 0.6 is 23.4 Å². The van der Waals surface area contributed by atoms with Gasteiger partial charge in [0.15, 0.2) is 11.5 Å². The monoisotopic (exact) mass is 516 g/mol. The van der Waals surface area contributed by atoms with Crippen LogP contribution in [0, 0.1) is 5.92 Å². The van der Waals surface area contributed by atoms with Crippen LogP contribution < -0.4 is 14.8 Å². The maximum Gasteiger partial charge on any atom is 0.256 e. The molecular formula is C27H33ClN2O4S. The van der Waals surface area contributed by atoms with E-state index in [2.05, 4.69) is 5.32 Å². The molecule has 6 nitrogen and oxygen atoms in total. The van der Waals surface area contributed by atoms with E-state index < -0.39 is 6.04 Å². The largest absolute Gasteiger partial charge is 0.493 e. The Morgan fingerprint density at radius 3 is 2.51 bits per heavy atom. The molecule has 0 aromatic heterocycles. The Labute approximate surface area is 216 Å². The van der Waals surface area contributed by atoms with Gasteiger partial charge in [0.2, 0.25) is 5.91 Å². The average molecular weight is 517 g/mol. The van der Waals surface area contributed by atoms with E-state index in [1.807, 2.05) is 35.2 Å². The van der Waals surface area contributed by atoms with Crippen molar-refractivity contribution >= 4 is 35.2 Å². The van der Waals surface area contributed by atoms with Crippen molar-refractivity contribution in [2.75, 3.05) is 26.5 Å². The number of methoxy groups -OCH3 is 2. The molecule has 35 heavy (non-hydrogen) atoms. The number of carbonyl (C=O) groups is 2. The smallest absolute Gasteiger partial charge is 0.256 e. The summed E-state index contributed by atoms with van der Waals surface area (Å²) in [6.45, 7) is 0.470. The van der Waals surface area contributed by atoms with E-state index >= 15 is 0 Å². The molecule has 2 aromatic rings. The SMILES string of the molecule is COc1ccc(CCNC(=O)C2CSC(C3CCCCC3)N2C(=O)c2ccccc2Cl)cc1OC. The zero-order chi connectivity index (χ0) is 24.8. The number of ether oxygens (including phenoxy) is 2. The van der Waals surface area contributed by atoms with Crippen LogP contribution in [0.3, 0.4) is 0 Å². The average Bonchev–Trinajstić information content (AvgIpc) is 3.34. The summed E-state index contributed by atoms with van der Waals surface area (Å²) in [5, 5.41) is 3.48. The highest BCUT2D eigenvalue weighted by molar-refractivity contribution is 8.00. The Bertz CT molecular complexity index is 1040. The Hall–Kier alpha value is -2.38. The van der Waals surface area contributed by atoms with E-state index in [9.17, 15) is 9.59 Å². The quantitative estimate of drug-likeness (QED) is 0.523. The zero-order valence-electron chi connectivity index (χ0n) is 20.3. The second-order valence-electron chi connectivity index (χ2n) is 9.06. The van der Waals surface area contributed by atoms with Crippen molar-refractivity contribution in [3.05, 3.63) is 58.6 Å². The van der Waals surface area contributed by atoms with Crippen molar-refractivity contribution in [3.63, 3.8) is 0 Å². The van der Waals surface area contributed by atoms with Gasteiger partial charge in [-0.05, 0) is 55.0 Å². The van der Waals surface area contributed by atoms with Crippen LogP contribution in [0.5, 0.6) is 11.5 Å². The number of benzene rings is 2. The van der Waals surface area contributed by atoms with Crippen LogP contribution in [-0.4, -0.2) is 54.6 Å². The van der Waals surface area contributed by atoms with Gasteiger partial charge in [0.25, 0.3) is 5.91 Å². The summed E-state index contributed by atoms with van der Waals surface area (Å²) < 4.78 is 10.7. The Balaban J connectivity index is 1.46. The van der Waals surface area contributed by atoms with Gasteiger partial charge in [0.05, 0.1) is 30.2 Å². The van der Waals surface area contributed by atoms with Gasteiger partial charge in [-0.3, -0.25) is 9.59 Å². The van der Waals surface area contributed by atoms with Crippen molar-refractivity contribution in [2.24, 2.45) is 5.92 Å². The van der Waals surface area contributed by atoms with Crippen LogP contribution in [0.4, 0.5) is 0 Å². The number of halogens is 1. The molecule has 1 aliphatic carbocycles. The molecule has 2 unspecified atom stereocenters. The molecular weight excluding hydrogens is 484 g/mol. The van der Waals surface area contributed by atoms with E-state index in [0.717, 1.165) is 18.4 Å². The highest BCUT2D eigenvalue weighted by Crippen LogP contribution is 2.41. The van der Waals surface area contributed by atoms with Crippen LogP contribution in [-0.2, 0) is 11.2 Å². The van der Waals surface area contributed by atoms with Gasteiger partial charge in [0.1, 0.15) is 6.04 Å². The predicted molar refractivity (Wildman–Crippen MR) is 140 cm³/mol. The molecule has 2 aliphatic rings. The van der Waals surface area contributed by atoms with Crippen molar-refractivity contribution in [1.29, 1.82) is 0 Å². The fourth-order valence-electron chi connectivity index (χ4n) is 5.03. The third-order valence-corrected chi connectivity index (χ3v) is 8.68. The number of amides is 2. The topological polar surface area (TPSA) is 67.9 Å². The summed E-state index contributed by atoms with van der Waals surface area (Å²) in [6.07, 6.45) is 6.44. The molecule has 4 rings (SSSR count). The Kier molecular flexibility index (Phi) is 8.84. The van der Waals surface area contributed by atoms with Gasteiger partial charge in [0, 0.05) is 12.3 Å². The summed E-state index contributed by atoms with van der Waals surface area (Å²) in [5.41, 5.74) is 1.49. The number of rotatable bonds is 8. The number of hydrogen-bond acceptors (Lipinski definition) is 5. The van der Waals surface area contributed by atoms with Crippen molar-refractivity contribution in [3.8, 4) is 11.5 Å². The molecule has 1 saturated heterocycles. The van der Waals surface area contributed by atoms with Crippen LogP contribution in [0.2, 0.25) is 5.02 Å². The maximum atomic E-state index is 13.7. The molecule has 2 aromatic carbocycles.